The Morgan fingerprint density at radius 1 is 1.73 bits per heavy atom. The Balaban J connectivity index is 3.02. The molecule has 0 saturated carbocycles. The van der Waals surface area contributed by atoms with Crippen LogP contribution in [0.15, 0.2) is 12.2 Å². The number of aromatic nitrogens is 2. The van der Waals surface area contributed by atoms with Gasteiger partial charge in [-0.2, -0.15) is 0 Å². The van der Waals surface area contributed by atoms with Crippen LogP contribution in [0.1, 0.15) is 12.7 Å². The normalized spacial score (nSPS) is 10.1. The van der Waals surface area contributed by atoms with Crippen LogP contribution >= 0.6 is 0 Å². The van der Waals surface area contributed by atoms with Crippen molar-refractivity contribution in [3.05, 3.63) is 28.1 Å². The summed E-state index contributed by atoms with van der Waals surface area (Å²) in [7, 11) is 1.73. The molecule has 0 aromatic carbocycles. The van der Waals surface area contributed by atoms with Gasteiger partial charge >= 0.3 is 5.82 Å². The summed E-state index contributed by atoms with van der Waals surface area (Å²) < 4.78 is 1.65. The Kier molecular flexibility index (Phi) is 3.08. The second-order valence-corrected chi connectivity index (χ2v) is 3.46. The summed E-state index contributed by atoms with van der Waals surface area (Å²) in [4.78, 5) is 14.1. The molecule has 1 aromatic heterocycles. The smallest absolute Gasteiger partial charge is 0.361 e. The van der Waals surface area contributed by atoms with Crippen LogP contribution in [-0.2, 0) is 7.05 Å². The highest BCUT2D eigenvalue weighted by Gasteiger charge is 2.22. The molecule has 0 radical (unpaired) electrons. The zero-order chi connectivity index (χ0) is 11.6. The van der Waals surface area contributed by atoms with Crippen LogP contribution in [0.5, 0.6) is 0 Å². The Labute approximate surface area is 87.8 Å². The van der Waals surface area contributed by atoms with Crippen LogP contribution in [0.2, 0.25) is 0 Å². The molecule has 0 fully saturated rings. The molecule has 0 bridgehead atoms. The third-order valence-corrected chi connectivity index (χ3v) is 2.03. The number of anilines is 1. The second kappa shape index (κ2) is 4.12. The van der Waals surface area contributed by atoms with Gasteiger partial charge in [0.15, 0.2) is 0 Å². The summed E-state index contributed by atoms with van der Waals surface area (Å²) in [5.74, 6) is 0.877. The van der Waals surface area contributed by atoms with E-state index in [-0.39, 0.29) is 5.82 Å². The average molecular weight is 210 g/mol. The Morgan fingerprint density at radius 2 is 2.33 bits per heavy atom. The summed E-state index contributed by atoms with van der Waals surface area (Å²) in [6.45, 7) is 7.79. The van der Waals surface area contributed by atoms with E-state index < -0.39 is 4.92 Å². The lowest BCUT2D eigenvalue weighted by Gasteiger charge is -2.05. The summed E-state index contributed by atoms with van der Waals surface area (Å²) in [6, 6.07) is 0. The predicted octanol–water partition coefficient (Wildman–Crippen LogP) is 1.62. The maximum absolute atomic E-state index is 10.7. The summed E-state index contributed by atoms with van der Waals surface area (Å²) in [5.41, 5.74) is 0.906. The van der Waals surface area contributed by atoms with Gasteiger partial charge in [0.05, 0.1) is 0 Å². The monoisotopic (exact) mass is 210 g/mol. The summed E-state index contributed by atoms with van der Waals surface area (Å²) >= 11 is 0. The topological polar surface area (TPSA) is 73.0 Å². The van der Waals surface area contributed by atoms with Crippen molar-refractivity contribution in [3.8, 4) is 0 Å². The van der Waals surface area contributed by atoms with Crippen LogP contribution in [-0.4, -0.2) is 21.0 Å². The molecule has 1 heterocycles. The molecule has 6 heteroatoms. The molecule has 0 atom stereocenters. The standard InChI is InChI=1S/C9H14N4O2/c1-6(2)5-10-8-9(13(14)15)11-7(3)12(8)4/h10H,1,5H2,2-4H3. The van der Waals surface area contributed by atoms with Crippen molar-refractivity contribution in [2.75, 3.05) is 11.9 Å². The van der Waals surface area contributed by atoms with Crippen molar-refractivity contribution in [1.29, 1.82) is 0 Å². The van der Waals surface area contributed by atoms with E-state index >= 15 is 0 Å². The number of rotatable bonds is 4. The minimum absolute atomic E-state index is 0.142. The Bertz CT molecular complexity index is 408. The van der Waals surface area contributed by atoms with Crippen molar-refractivity contribution in [1.82, 2.24) is 9.55 Å². The molecule has 0 aliphatic carbocycles. The molecule has 1 N–H and O–H groups in total. The van der Waals surface area contributed by atoms with E-state index in [4.69, 9.17) is 0 Å². The maximum Gasteiger partial charge on any atom is 0.406 e. The van der Waals surface area contributed by atoms with Gasteiger partial charge in [0, 0.05) is 20.5 Å². The van der Waals surface area contributed by atoms with Gasteiger partial charge in [0.1, 0.15) is 0 Å². The van der Waals surface area contributed by atoms with Crippen LogP contribution in [0.4, 0.5) is 11.6 Å². The third-order valence-electron chi connectivity index (χ3n) is 2.03. The molecule has 0 saturated heterocycles. The van der Waals surface area contributed by atoms with Gasteiger partial charge in [-0.25, -0.2) is 0 Å². The second-order valence-electron chi connectivity index (χ2n) is 3.46. The Hall–Kier alpha value is -1.85. The minimum Gasteiger partial charge on any atom is -0.361 e. The first-order valence-electron chi connectivity index (χ1n) is 4.49. The molecule has 0 aliphatic rings. The fourth-order valence-electron chi connectivity index (χ4n) is 1.15. The molecular formula is C9H14N4O2. The van der Waals surface area contributed by atoms with E-state index in [2.05, 4.69) is 16.9 Å². The van der Waals surface area contributed by atoms with Gasteiger partial charge in [-0.05, 0) is 16.8 Å². The summed E-state index contributed by atoms with van der Waals surface area (Å²) in [6.07, 6.45) is 0. The van der Waals surface area contributed by atoms with E-state index in [0.29, 0.717) is 18.2 Å². The van der Waals surface area contributed by atoms with Crippen molar-refractivity contribution < 1.29 is 4.92 Å². The van der Waals surface area contributed by atoms with Gasteiger partial charge in [0.25, 0.3) is 0 Å². The fourth-order valence-corrected chi connectivity index (χ4v) is 1.15. The zero-order valence-electron chi connectivity index (χ0n) is 9.07. The molecular weight excluding hydrogens is 196 g/mol. The quantitative estimate of drug-likeness (QED) is 0.465. The largest absolute Gasteiger partial charge is 0.406 e. The lowest BCUT2D eigenvalue weighted by Crippen LogP contribution is -2.08. The number of nitrogens with one attached hydrogen (secondary N) is 1. The number of imidazole rings is 1. The first-order chi connectivity index (χ1) is 6.93. The van der Waals surface area contributed by atoms with Crippen LogP contribution < -0.4 is 5.32 Å². The van der Waals surface area contributed by atoms with Gasteiger partial charge in [-0.15, -0.1) is 0 Å². The first-order valence-corrected chi connectivity index (χ1v) is 4.49. The molecule has 6 nitrogen and oxygen atoms in total. The highest BCUT2D eigenvalue weighted by atomic mass is 16.6. The van der Waals surface area contributed by atoms with Crippen LogP contribution in [0.25, 0.3) is 0 Å². The van der Waals surface area contributed by atoms with Gasteiger partial charge in [0.2, 0.25) is 11.6 Å². The van der Waals surface area contributed by atoms with Crippen molar-refractivity contribution in [2.24, 2.45) is 7.05 Å². The van der Waals surface area contributed by atoms with Gasteiger partial charge < -0.3 is 15.4 Å². The maximum atomic E-state index is 10.7. The van der Waals surface area contributed by atoms with E-state index in [1.807, 2.05) is 6.92 Å². The molecule has 0 aliphatic heterocycles. The minimum atomic E-state index is -0.492. The predicted molar refractivity (Wildman–Crippen MR) is 57.9 cm³/mol. The third kappa shape index (κ3) is 2.34. The number of hydrogen-bond acceptors (Lipinski definition) is 4. The number of nitrogens with zero attached hydrogens (tertiary/aromatic N) is 3. The molecule has 1 rings (SSSR count). The van der Waals surface area contributed by atoms with E-state index in [0.717, 1.165) is 5.57 Å². The highest BCUT2D eigenvalue weighted by Crippen LogP contribution is 2.23. The van der Waals surface area contributed by atoms with Crippen LogP contribution in [0, 0.1) is 17.0 Å². The lowest BCUT2D eigenvalue weighted by molar-refractivity contribution is -0.388. The molecule has 15 heavy (non-hydrogen) atoms. The number of nitro groups is 1. The Morgan fingerprint density at radius 3 is 2.80 bits per heavy atom. The lowest BCUT2D eigenvalue weighted by atomic mass is 10.3. The van der Waals surface area contributed by atoms with Gasteiger partial charge in [-0.1, -0.05) is 12.2 Å². The summed E-state index contributed by atoms with van der Waals surface area (Å²) in [5, 5.41) is 13.6. The fraction of sp³-hybridized carbons (Fsp3) is 0.444. The van der Waals surface area contributed by atoms with Crippen molar-refractivity contribution in [2.45, 2.75) is 13.8 Å². The molecule has 0 amide bonds. The zero-order valence-corrected chi connectivity index (χ0v) is 9.07. The molecule has 0 spiro atoms. The van der Waals surface area contributed by atoms with Crippen molar-refractivity contribution in [3.63, 3.8) is 0 Å². The first kappa shape index (κ1) is 11.2. The van der Waals surface area contributed by atoms with E-state index in [9.17, 15) is 10.1 Å². The SMILES string of the molecule is C=C(C)CNc1c([N+](=O)[O-])nc(C)n1C. The van der Waals surface area contributed by atoms with Crippen LogP contribution in [0.3, 0.4) is 0 Å². The number of hydrogen-bond donors (Lipinski definition) is 1. The van der Waals surface area contributed by atoms with E-state index in [1.165, 1.54) is 0 Å². The molecule has 1 aromatic rings. The van der Waals surface area contributed by atoms with Crippen molar-refractivity contribution >= 4 is 11.6 Å². The highest BCUT2D eigenvalue weighted by molar-refractivity contribution is 5.54. The average Bonchev–Trinajstić information content (AvgIpc) is 2.41. The number of aryl methyl sites for hydroxylation is 1. The molecule has 0 unspecified atom stereocenters. The van der Waals surface area contributed by atoms with Gasteiger partial charge in [-0.3, -0.25) is 4.57 Å². The van der Waals surface area contributed by atoms with E-state index in [1.54, 1.807) is 18.5 Å². The molecule has 82 valence electrons.